The molecule has 1 amide bonds. The molecule has 128 valence electrons. The van der Waals surface area contributed by atoms with Crippen LogP contribution in [-0.2, 0) is 11.2 Å². The van der Waals surface area contributed by atoms with E-state index in [9.17, 15) is 9.18 Å². The highest BCUT2D eigenvalue weighted by Crippen LogP contribution is 2.21. The van der Waals surface area contributed by atoms with Crippen LogP contribution in [0.4, 0.5) is 4.39 Å². The first-order valence-electron chi connectivity index (χ1n) is 8.05. The molecule has 1 heterocycles. The van der Waals surface area contributed by atoms with Crippen molar-refractivity contribution in [3.8, 4) is 5.75 Å². The van der Waals surface area contributed by atoms with Gasteiger partial charge in [-0.05, 0) is 60.4 Å². The second kappa shape index (κ2) is 7.30. The Bertz CT molecular complexity index is 872. The number of amides is 1. The average Bonchev–Trinajstić information content (AvgIpc) is 2.93. The molecule has 4 nitrogen and oxygen atoms in total. The number of hydrogen-bond acceptors (Lipinski definition) is 3. The SMILES string of the molecule is COc1ccc(/C=C2/N=C(CCc3cccc(F)c3)NC2=O)cc1C. The Morgan fingerprint density at radius 1 is 1.20 bits per heavy atom. The summed E-state index contributed by atoms with van der Waals surface area (Å²) in [6.07, 6.45) is 2.91. The second-order valence-electron chi connectivity index (χ2n) is 5.90. The third kappa shape index (κ3) is 4.12. The molecular formula is C20H19FN2O2. The summed E-state index contributed by atoms with van der Waals surface area (Å²) in [5.74, 6) is 0.927. The molecule has 0 saturated heterocycles. The van der Waals surface area contributed by atoms with Crippen LogP contribution >= 0.6 is 0 Å². The molecular weight excluding hydrogens is 319 g/mol. The molecule has 1 aliphatic rings. The zero-order chi connectivity index (χ0) is 17.8. The van der Waals surface area contributed by atoms with Crippen molar-refractivity contribution in [2.24, 2.45) is 4.99 Å². The van der Waals surface area contributed by atoms with E-state index in [1.807, 2.05) is 31.2 Å². The highest BCUT2D eigenvalue weighted by Gasteiger charge is 2.19. The Hall–Kier alpha value is -2.95. The van der Waals surface area contributed by atoms with Crippen LogP contribution in [-0.4, -0.2) is 18.9 Å². The standard InChI is InChI=1S/C20H19FN2O2/c1-13-10-15(6-8-18(13)25-2)12-17-20(24)23-19(22-17)9-7-14-4-3-5-16(21)11-14/h3-6,8,10-12H,7,9H2,1-2H3,(H,22,23,24)/b17-12+. The van der Waals surface area contributed by atoms with E-state index in [1.165, 1.54) is 12.1 Å². The van der Waals surface area contributed by atoms with Crippen LogP contribution in [0.25, 0.3) is 6.08 Å². The molecule has 1 N–H and O–H groups in total. The second-order valence-corrected chi connectivity index (χ2v) is 5.90. The maximum absolute atomic E-state index is 13.2. The number of methoxy groups -OCH3 is 1. The summed E-state index contributed by atoms with van der Waals surface area (Å²) in [7, 11) is 1.63. The van der Waals surface area contributed by atoms with Gasteiger partial charge >= 0.3 is 0 Å². The van der Waals surface area contributed by atoms with Crippen LogP contribution in [0.15, 0.2) is 53.2 Å². The smallest absolute Gasteiger partial charge is 0.275 e. The Labute approximate surface area is 146 Å². The normalized spacial score (nSPS) is 15.2. The molecule has 0 bridgehead atoms. The zero-order valence-electron chi connectivity index (χ0n) is 14.2. The van der Waals surface area contributed by atoms with E-state index >= 15 is 0 Å². The number of aryl methyl sites for hydroxylation is 2. The molecule has 2 aromatic rings. The quantitative estimate of drug-likeness (QED) is 0.846. The van der Waals surface area contributed by atoms with Crippen molar-refractivity contribution in [1.29, 1.82) is 0 Å². The lowest BCUT2D eigenvalue weighted by Gasteiger charge is -2.04. The number of carbonyl (C=O) groups excluding carboxylic acids is 1. The number of hydrogen-bond donors (Lipinski definition) is 1. The van der Waals surface area contributed by atoms with Gasteiger partial charge in [0.2, 0.25) is 0 Å². The van der Waals surface area contributed by atoms with Gasteiger partial charge in [0.05, 0.1) is 7.11 Å². The Kier molecular flexibility index (Phi) is 4.93. The molecule has 0 aromatic heterocycles. The maximum atomic E-state index is 13.2. The van der Waals surface area contributed by atoms with E-state index < -0.39 is 0 Å². The number of benzene rings is 2. The number of amidine groups is 1. The van der Waals surface area contributed by atoms with Crippen molar-refractivity contribution in [2.75, 3.05) is 7.11 Å². The van der Waals surface area contributed by atoms with E-state index in [4.69, 9.17) is 4.74 Å². The molecule has 0 unspecified atom stereocenters. The maximum Gasteiger partial charge on any atom is 0.275 e. The van der Waals surface area contributed by atoms with Crippen LogP contribution in [0, 0.1) is 12.7 Å². The number of halogens is 1. The average molecular weight is 338 g/mol. The van der Waals surface area contributed by atoms with Crippen LogP contribution in [0.5, 0.6) is 5.75 Å². The van der Waals surface area contributed by atoms with E-state index in [2.05, 4.69) is 10.3 Å². The summed E-state index contributed by atoms with van der Waals surface area (Å²) in [6.45, 7) is 1.95. The first-order valence-corrected chi connectivity index (χ1v) is 8.05. The van der Waals surface area contributed by atoms with Gasteiger partial charge in [-0.25, -0.2) is 9.38 Å². The fourth-order valence-corrected chi connectivity index (χ4v) is 2.74. The summed E-state index contributed by atoms with van der Waals surface area (Å²) in [5.41, 5.74) is 3.13. The minimum atomic E-state index is -0.259. The predicted molar refractivity (Wildman–Crippen MR) is 96.0 cm³/mol. The van der Waals surface area contributed by atoms with E-state index in [-0.39, 0.29) is 11.7 Å². The molecule has 2 aromatic carbocycles. The monoisotopic (exact) mass is 338 g/mol. The summed E-state index contributed by atoms with van der Waals surface area (Å²) >= 11 is 0. The molecule has 3 rings (SSSR count). The number of rotatable bonds is 5. The lowest BCUT2D eigenvalue weighted by Crippen LogP contribution is -2.24. The lowest BCUT2D eigenvalue weighted by atomic mass is 10.1. The summed E-state index contributed by atoms with van der Waals surface area (Å²) < 4.78 is 18.4. The van der Waals surface area contributed by atoms with Gasteiger partial charge in [-0.15, -0.1) is 0 Å². The molecule has 0 saturated carbocycles. The fraction of sp³-hybridized carbons (Fsp3) is 0.200. The van der Waals surface area contributed by atoms with Crippen LogP contribution in [0.3, 0.4) is 0 Å². The molecule has 1 aliphatic heterocycles. The first kappa shape index (κ1) is 16.9. The van der Waals surface area contributed by atoms with E-state index in [0.29, 0.717) is 24.4 Å². The minimum Gasteiger partial charge on any atom is -0.496 e. The van der Waals surface area contributed by atoms with Gasteiger partial charge in [0.15, 0.2) is 0 Å². The third-order valence-electron chi connectivity index (χ3n) is 4.01. The van der Waals surface area contributed by atoms with Gasteiger partial charge in [0, 0.05) is 6.42 Å². The predicted octanol–water partition coefficient (Wildman–Crippen LogP) is 3.64. The van der Waals surface area contributed by atoms with Crippen molar-refractivity contribution in [3.05, 3.63) is 70.7 Å². The Balaban J connectivity index is 1.72. The lowest BCUT2D eigenvalue weighted by molar-refractivity contribution is -0.115. The van der Waals surface area contributed by atoms with Crippen molar-refractivity contribution < 1.29 is 13.9 Å². The van der Waals surface area contributed by atoms with E-state index in [0.717, 1.165) is 22.4 Å². The Morgan fingerprint density at radius 2 is 2.04 bits per heavy atom. The summed E-state index contributed by atoms with van der Waals surface area (Å²) in [6, 6.07) is 12.1. The Morgan fingerprint density at radius 3 is 2.76 bits per heavy atom. The number of ether oxygens (including phenoxy) is 1. The van der Waals surface area contributed by atoms with Gasteiger partial charge in [-0.1, -0.05) is 18.2 Å². The highest BCUT2D eigenvalue weighted by atomic mass is 19.1. The van der Waals surface area contributed by atoms with Crippen molar-refractivity contribution in [1.82, 2.24) is 5.32 Å². The van der Waals surface area contributed by atoms with Crippen LogP contribution in [0.1, 0.15) is 23.1 Å². The van der Waals surface area contributed by atoms with E-state index in [1.54, 1.807) is 19.3 Å². The molecule has 0 fully saturated rings. The summed E-state index contributed by atoms with van der Waals surface area (Å²) in [5, 5.41) is 2.77. The molecule has 5 heteroatoms. The van der Waals surface area contributed by atoms with Crippen molar-refractivity contribution in [2.45, 2.75) is 19.8 Å². The number of aliphatic imine (C=N–C) groups is 1. The van der Waals surface area contributed by atoms with Crippen LogP contribution < -0.4 is 10.1 Å². The molecule has 0 radical (unpaired) electrons. The fourth-order valence-electron chi connectivity index (χ4n) is 2.74. The number of nitrogens with zero attached hydrogens (tertiary/aromatic N) is 1. The van der Waals surface area contributed by atoms with Crippen LogP contribution in [0.2, 0.25) is 0 Å². The molecule has 25 heavy (non-hydrogen) atoms. The van der Waals surface area contributed by atoms with Crippen molar-refractivity contribution >= 4 is 17.8 Å². The van der Waals surface area contributed by atoms with Gasteiger partial charge in [-0.3, -0.25) is 4.79 Å². The topological polar surface area (TPSA) is 50.7 Å². The van der Waals surface area contributed by atoms with Gasteiger partial charge in [-0.2, -0.15) is 0 Å². The molecule has 0 aliphatic carbocycles. The molecule has 0 spiro atoms. The number of carbonyl (C=O) groups is 1. The highest BCUT2D eigenvalue weighted by molar-refractivity contribution is 6.14. The van der Waals surface area contributed by atoms with Crippen molar-refractivity contribution in [3.63, 3.8) is 0 Å². The molecule has 0 atom stereocenters. The minimum absolute atomic E-state index is 0.220. The first-order chi connectivity index (χ1) is 12.0. The van der Waals surface area contributed by atoms with Gasteiger partial charge in [0.25, 0.3) is 5.91 Å². The van der Waals surface area contributed by atoms with Gasteiger partial charge < -0.3 is 10.1 Å². The zero-order valence-corrected chi connectivity index (χ0v) is 14.2. The largest absolute Gasteiger partial charge is 0.496 e. The number of nitrogens with one attached hydrogen (secondary N) is 1. The van der Waals surface area contributed by atoms with Gasteiger partial charge in [0.1, 0.15) is 23.1 Å². The third-order valence-corrected chi connectivity index (χ3v) is 4.01. The summed E-state index contributed by atoms with van der Waals surface area (Å²) in [4.78, 5) is 16.5.